The Balaban J connectivity index is 0.000000165. The molecule has 3 aliphatic heterocycles. The Kier molecular flexibility index (Phi) is 21.3. The first-order chi connectivity index (χ1) is 32.6. The van der Waals surface area contributed by atoms with Gasteiger partial charge in [0.05, 0.1) is 0 Å². The molecule has 9 rings (SSSR count). The fourth-order valence-electron chi connectivity index (χ4n) is 9.10. The molecule has 0 aromatic heterocycles. The van der Waals surface area contributed by atoms with Crippen molar-refractivity contribution in [1.82, 2.24) is 0 Å². The summed E-state index contributed by atoms with van der Waals surface area (Å²) in [5.41, 5.74) is 16.4. The van der Waals surface area contributed by atoms with Crippen LogP contribution in [0.5, 0.6) is 0 Å². The fourth-order valence-corrected chi connectivity index (χ4v) is 9.10. The van der Waals surface area contributed by atoms with E-state index in [9.17, 15) is 0 Å². The first kappa shape index (κ1) is 51.0. The summed E-state index contributed by atoms with van der Waals surface area (Å²) in [6, 6.07) is 53.1. The molecule has 0 unspecified atom stereocenters. The second kappa shape index (κ2) is 28.0. The summed E-state index contributed by atoms with van der Waals surface area (Å²) in [6.07, 6.45) is 32.8. The summed E-state index contributed by atoms with van der Waals surface area (Å²) in [4.78, 5) is 6.97. The van der Waals surface area contributed by atoms with Gasteiger partial charge < -0.3 is 14.7 Å². The number of fused-ring (bicyclic) bond motifs is 3. The molecule has 3 heterocycles. The number of hydrogen-bond donors (Lipinski definition) is 0. The molecular weight excluding hydrogens is 991 g/mol. The van der Waals surface area contributed by atoms with Gasteiger partial charge in [0.1, 0.15) is 0 Å². The molecule has 0 amide bonds. The maximum absolute atomic E-state index is 2.32. The van der Waals surface area contributed by atoms with Crippen LogP contribution in [0.2, 0.25) is 0 Å². The molecule has 1 radical (unpaired) electrons. The average Bonchev–Trinajstić information content (AvgIpc) is 3.38. The van der Waals surface area contributed by atoms with Crippen LogP contribution >= 0.6 is 0 Å². The zero-order valence-electron chi connectivity index (χ0n) is 40.7. The van der Waals surface area contributed by atoms with E-state index in [4.69, 9.17) is 0 Å². The van der Waals surface area contributed by atoms with Crippen LogP contribution in [0.4, 0.5) is 17.1 Å². The SMILES string of the molecule is CCCCCCc1ccc(N2C=Cc3ccccc3C2)cc1.CCCCCCc1ccc(N2C=Cc3ccccc3C2)cc1.CCCCCCc1ccc(N2C=Cc3ccccc3C2)cc1.[Ir]. The van der Waals surface area contributed by atoms with Gasteiger partial charge in [-0.3, -0.25) is 0 Å². The van der Waals surface area contributed by atoms with E-state index in [-0.39, 0.29) is 20.1 Å². The zero-order valence-corrected chi connectivity index (χ0v) is 43.1. The van der Waals surface area contributed by atoms with E-state index in [1.54, 1.807) is 0 Å². The predicted molar refractivity (Wildman–Crippen MR) is 288 cm³/mol. The average molecular weight is 1070 g/mol. The van der Waals surface area contributed by atoms with Gasteiger partial charge in [-0.2, -0.15) is 0 Å². The fraction of sp³-hybridized carbons (Fsp3) is 0.333. The van der Waals surface area contributed by atoms with E-state index in [1.165, 1.54) is 163 Å². The van der Waals surface area contributed by atoms with E-state index >= 15 is 0 Å². The maximum atomic E-state index is 2.32. The van der Waals surface area contributed by atoms with Crippen LogP contribution in [0.25, 0.3) is 18.2 Å². The summed E-state index contributed by atoms with van der Waals surface area (Å²) in [5, 5.41) is 0. The third-order valence-corrected chi connectivity index (χ3v) is 13.3. The second-order valence-corrected chi connectivity index (χ2v) is 18.4. The minimum Gasteiger partial charge on any atom is -0.344 e. The van der Waals surface area contributed by atoms with E-state index in [1.807, 2.05) is 0 Å². The summed E-state index contributed by atoms with van der Waals surface area (Å²) in [7, 11) is 0. The third-order valence-electron chi connectivity index (χ3n) is 13.3. The van der Waals surface area contributed by atoms with Crippen LogP contribution in [0, 0.1) is 0 Å². The largest absolute Gasteiger partial charge is 0.344 e. The summed E-state index contributed by atoms with van der Waals surface area (Å²) in [5.74, 6) is 0. The normalized spacial score (nSPS) is 13.0. The minimum atomic E-state index is 0. The summed E-state index contributed by atoms with van der Waals surface area (Å²) >= 11 is 0. The van der Waals surface area contributed by atoms with Gasteiger partial charge in [-0.05, 0) is 143 Å². The van der Waals surface area contributed by atoms with Crippen LogP contribution in [-0.4, -0.2) is 0 Å². The van der Waals surface area contributed by atoms with Gasteiger partial charge in [-0.15, -0.1) is 0 Å². The Bertz CT molecular complexity index is 2150. The standard InChI is InChI=1S/3C21H25N.Ir/c3*1-2-3-4-5-8-18-11-13-21(14-12-18)22-16-15-19-9-6-7-10-20(19)17-22;/h3*6-7,9-16H,2-5,8,17H2,1H3;. The number of anilines is 3. The number of hydrogen-bond acceptors (Lipinski definition) is 3. The van der Waals surface area contributed by atoms with Crippen LogP contribution in [0.1, 0.15) is 148 Å². The molecule has 0 saturated heterocycles. The first-order valence-electron chi connectivity index (χ1n) is 25.4. The number of unbranched alkanes of at least 4 members (excludes halogenated alkanes) is 9. The van der Waals surface area contributed by atoms with Crippen molar-refractivity contribution in [1.29, 1.82) is 0 Å². The molecule has 0 atom stereocenters. The predicted octanol–water partition coefficient (Wildman–Crippen LogP) is 17.4. The third kappa shape index (κ3) is 15.8. The van der Waals surface area contributed by atoms with Gasteiger partial charge in [0.2, 0.25) is 0 Å². The van der Waals surface area contributed by atoms with E-state index in [0.717, 1.165) is 19.6 Å². The van der Waals surface area contributed by atoms with E-state index in [2.05, 4.69) is 218 Å². The van der Waals surface area contributed by atoms with Gasteiger partial charge in [-0.25, -0.2) is 0 Å². The van der Waals surface area contributed by atoms with Crippen molar-refractivity contribution >= 4 is 35.3 Å². The Morgan fingerprint density at radius 3 is 0.851 bits per heavy atom. The van der Waals surface area contributed by atoms with E-state index in [0.29, 0.717) is 0 Å². The van der Waals surface area contributed by atoms with Crippen LogP contribution < -0.4 is 14.7 Å². The van der Waals surface area contributed by atoms with Crippen LogP contribution in [-0.2, 0) is 59.0 Å². The Labute approximate surface area is 418 Å². The number of benzene rings is 6. The van der Waals surface area contributed by atoms with Gasteiger partial charge >= 0.3 is 0 Å². The summed E-state index contributed by atoms with van der Waals surface area (Å²) < 4.78 is 0. The van der Waals surface area contributed by atoms with Crippen molar-refractivity contribution in [2.45, 2.75) is 137 Å². The first-order valence-corrected chi connectivity index (χ1v) is 25.4. The van der Waals surface area contributed by atoms with Crippen LogP contribution in [0.15, 0.2) is 164 Å². The van der Waals surface area contributed by atoms with Gasteiger partial charge in [-0.1, -0.05) is 188 Å². The molecular formula is C63H75IrN3. The molecule has 0 bridgehead atoms. The van der Waals surface area contributed by atoms with Crippen molar-refractivity contribution in [2.75, 3.05) is 14.7 Å². The monoisotopic (exact) mass is 1070 g/mol. The smallest absolute Gasteiger partial charge is 0.0481 e. The maximum Gasteiger partial charge on any atom is 0.0481 e. The molecule has 6 aromatic rings. The summed E-state index contributed by atoms with van der Waals surface area (Å²) in [6.45, 7) is 9.67. The molecule has 0 fully saturated rings. The topological polar surface area (TPSA) is 9.72 Å². The van der Waals surface area contributed by atoms with Gasteiger partial charge in [0.25, 0.3) is 0 Å². The number of rotatable bonds is 18. The quantitative estimate of drug-likeness (QED) is 0.0794. The van der Waals surface area contributed by atoms with Gasteiger partial charge in [0, 0.05) is 75.4 Å². The number of nitrogens with zero attached hydrogens (tertiary/aromatic N) is 3. The second-order valence-electron chi connectivity index (χ2n) is 18.4. The van der Waals surface area contributed by atoms with Crippen LogP contribution in [0.3, 0.4) is 0 Å². The van der Waals surface area contributed by atoms with Crippen molar-refractivity contribution in [3.63, 3.8) is 0 Å². The molecule has 3 aliphatic rings. The molecule has 4 heteroatoms. The number of aryl methyl sites for hydroxylation is 3. The molecule has 0 spiro atoms. The molecule has 67 heavy (non-hydrogen) atoms. The van der Waals surface area contributed by atoms with E-state index < -0.39 is 0 Å². The zero-order chi connectivity index (χ0) is 45.6. The Morgan fingerprint density at radius 2 is 0.582 bits per heavy atom. The van der Waals surface area contributed by atoms with Crippen molar-refractivity contribution < 1.29 is 20.1 Å². The van der Waals surface area contributed by atoms with Crippen molar-refractivity contribution in [3.8, 4) is 0 Å². The molecule has 0 aliphatic carbocycles. The Morgan fingerprint density at radius 1 is 0.313 bits per heavy atom. The molecule has 0 N–H and O–H groups in total. The van der Waals surface area contributed by atoms with Gasteiger partial charge in [0.15, 0.2) is 0 Å². The Hall–Kier alpha value is -5.41. The molecule has 3 nitrogen and oxygen atoms in total. The molecule has 0 saturated carbocycles. The minimum absolute atomic E-state index is 0. The van der Waals surface area contributed by atoms with Crippen molar-refractivity contribution in [2.24, 2.45) is 0 Å². The molecule has 351 valence electrons. The van der Waals surface area contributed by atoms with Crippen molar-refractivity contribution in [3.05, 3.63) is 214 Å². The molecule has 6 aromatic carbocycles.